The minimum absolute atomic E-state index is 0.0481. The van der Waals surface area contributed by atoms with E-state index < -0.39 is 0 Å². The summed E-state index contributed by atoms with van der Waals surface area (Å²) in [6, 6.07) is 0.423. The van der Waals surface area contributed by atoms with E-state index >= 15 is 0 Å². The second-order valence-corrected chi connectivity index (χ2v) is 10.1. The van der Waals surface area contributed by atoms with Crippen LogP contribution in [-0.4, -0.2) is 85.7 Å². The summed E-state index contributed by atoms with van der Waals surface area (Å²) in [4.78, 5) is 22.6. The number of piperidine rings is 2. The van der Waals surface area contributed by atoms with E-state index in [1.54, 1.807) is 0 Å². The van der Waals surface area contributed by atoms with Crippen molar-refractivity contribution in [1.29, 1.82) is 0 Å². The number of nitrogens with two attached hydrogens (primary N) is 1. The number of rotatable bonds is 6. The van der Waals surface area contributed by atoms with Gasteiger partial charge in [-0.2, -0.15) is 5.48 Å². The molecule has 6 atom stereocenters. The third-order valence-corrected chi connectivity index (χ3v) is 8.16. The average Bonchev–Trinajstić information content (AvgIpc) is 3.56. The van der Waals surface area contributed by atoms with Crippen molar-refractivity contribution >= 4 is 5.91 Å². The van der Waals surface area contributed by atoms with E-state index in [9.17, 15) is 4.79 Å². The number of nitrogens with one attached hydrogen (secondary N) is 3. The first kappa shape index (κ1) is 22.0. The molecule has 176 valence electrons. The number of ether oxygens (including phenoxy) is 1. The average molecular weight is 437 g/mol. The summed E-state index contributed by atoms with van der Waals surface area (Å²) in [7, 11) is 0. The van der Waals surface area contributed by atoms with Crippen LogP contribution in [0.25, 0.3) is 0 Å². The van der Waals surface area contributed by atoms with Crippen molar-refractivity contribution < 1.29 is 14.4 Å². The van der Waals surface area contributed by atoms with Gasteiger partial charge in [0.15, 0.2) is 0 Å². The van der Waals surface area contributed by atoms with Crippen LogP contribution >= 0.6 is 0 Å². The quantitative estimate of drug-likeness (QED) is 0.459. The molecule has 0 saturated carbocycles. The second kappa shape index (κ2) is 9.99. The van der Waals surface area contributed by atoms with Crippen LogP contribution < -0.4 is 21.8 Å². The number of carbonyl (C=O) groups is 1. The van der Waals surface area contributed by atoms with Crippen LogP contribution in [0, 0.1) is 11.8 Å². The van der Waals surface area contributed by atoms with Gasteiger partial charge in [-0.1, -0.05) is 0 Å². The zero-order valence-corrected chi connectivity index (χ0v) is 18.6. The topological polar surface area (TPSA) is 104 Å². The van der Waals surface area contributed by atoms with Crippen LogP contribution in [0.3, 0.4) is 0 Å². The van der Waals surface area contributed by atoms with Gasteiger partial charge in [0.05, 0.1) is 24.5 Å². The monoisotopic (exact) mass is 436 g/mol. The molecule has 9 nitrogen and oxygen atoms in total. The van der Waals surface area contributed by atoms with Crippen LogP contribution in [0.15, 0.2) is 0 Å². The van der Waals surface area contributed by atoms with Crippen molar-refractivity contribution in [2.24, 2.45) is 17.6 Å². The first-order valence-electron chi connectivity index (χ1n) is 12.5. The van der Waals surface area contributed by atoms with Crippen LogP contribution in [0.4, 0.5) is 0 Å². The highest BCUT2D eigenvalue weighted by Crippen LogP contribution is 2.29. The summed E-state index contributed by atoms with van der Waals surface area (Å²) in [6.07, 6.45) is 9.81. The smallest absolute Gasteiger partial charge is 0.220 e. The van der Waals surface area contributed by atoms with Crippen LogP contribution in [0.2, 0.25) is 0 Å². The van der Waals surface area contributed by atoms with Gasteiger partial charge in [0.25, 0.3) is 0 Å². The first-order valence-corrected chi connectivity index (χ1v) is 12.5. The molecule has 0 aromatic heterocycles. The summed E-state index contributed by atoms with van der Waals surface area (Å²) >= 11 is 0. The highest BCUT2D eigenvalue weighted by Gasteiger charge is 2.42. The van der Waals surface area contributed by atoms with Crippen LogP contribution in [-0.2, 0) is 14.4 Å². The normalized spacial score (nSPS) is 41.2. The lowest BCUT2D eigenvalue weighted by atomic mass is 9.90. The summed E-state index contributed by atoms with van der Waals surface area (Å²) in [5, 5.41) is 7.47. The number of hydroxylamine groups is 1. The highest BCUT2D eigenvalue weighted by molar-refractivity contribution is 5.76. The molecular formula is C22H40N6O3. The fourth-order valence-electron chi connectivity index (χ4n) is 6.28. The lowest BCUT2D eigenvalue weighted by Crippen LogP contribution is -2.57. The van der Waals surface area contributed by atoms with E-state index in [4.69, 9.17) is 15.3 Å². The van der Waals surface area contributed by atoms with E-state index in [1.165, 1.54) is 25.7 Å². The van der Waals surface area contributed by atoms with Gasteiger partial charge in [0.2, 0.25) is 5.91 Å². The molecule has 5 saturated heterocycles. The number of primary amides is 1. The minimum atomic E-state index is -0.142. The molecule has 0 aromatic rings. The fourth-order valence-corrected chi connectivity index (χ4v) is 6.28. The van der Waals surface area contributed by atoms with Crippen molar-refractivity contribution in [1.82, 2.24) is 25.9 Å². The number of hydrogen-bond acceptors (Lipinski definition) is 8. The maximum Gasteiger partial charge on any atom is 0.220 e. The number of amides is 1. The molecule has 0 aliphatic carbocycles. The summed E-state index contributed by atoms with van der Waals surface area (Å²) in [6.45, 7) is 6.01. The van der Waals surface area contributed by atoms with Gasteiger partial charge in [-0.15, -0.1) is 0 Å². The SMILES string of the molecule is NC(=O)C1CCN(C2CC(C3NOC(C4CCCN4CC4CCCO4)N3)CCN2)CC1. The molecule has 5 aliphatic heterocycles. The molecule has 0 aromatic carbocycles. The van der Waals surface area contributed by atoms with E-state index in [0.29, 0.717) is 24.2 Å². The van der Waals surface area contributed by atoms with Gasteiger partial charge >= 0.3 is 0 Å². The molecule has 5 heterocycles. The van der Waals surface area contributed by atoms with E-state index in [-0.39, 0.29) is 24.2 Å². The number of nitrogens with zero attached hydrogens (tertiary/aromatic N) is 2. The van der Waals surface area contributed by atoms with Crippen molar-refractivity contribution in [2.75, 3.05) is 39.3 Å². The number of likely N-dealkylation sites (tertiary alicyclic amines) is 2. The van der Waals surface area contributed by atoms with Gasteiger partial charge in [0, 0.05) is 32.2 Å². The summed E-state index contributed by atoms with van der Waals surface area (Å²) in [5.74, 6) is 0.433. The zero-order valence-electron chi connectivity index (χ0n) is 18.6. The Hall–Kier alpha value is -0.810. The van der Waals surface area contributed by atoms with Crippen LogP contribution in [0.1, 0.15) is 51.4 Å². The highest BCUT2D eigenvalue weighted by atomic mass is 16.7. The molecule has 5 fully saturated rings. The molecule has 31 heavy (non-hydrogen) atoms. The molecule has 5 rings (SSSR count). The third-order valence-electron chi connectivity index (χ3n) is 8.16. The molecule has 5 aliphatic rings. The Balaban J connectivity index is 1.11. The maximum absolute atomic E-state index is 11.5. The molecule has 0 spiro atoms. The molecule has 6 unspecified atom stereocenters. The van der Waals surface area contributed by atoms with Crippen molar-refractivity contribution in [3.63, 3.8) is 0 Å². The van der Waals surface area contributed by atoms with Gasteiger partial charge < -0.3 is 15.8 Å². The van der Waals surface area contributed by atoms with Gasteiger partial charge in [-0.3, -0.25) is 24.7 Å². The molecule has 0 radical (unpaired) electrons. The number of carbonyl (C=O) groups excluding carboxylic acids is 1. The third kappa shape index (κ3) is 5.08. The van der Waals surface area contributed by atoms with Crippen molar-refractivity contribution in [3.8, 4) is 0 Å². The Kier molecular flexibility index (Phi) is 7.09. The standard InChI is InChI=1S/C22H40N6O3/c23-20(29)15-6-10-27(11-7-15)19-13-16(5-8-24-19)21-25-22(31-26-21)18-4-1-9-28(18)14-17-3-2-12-30-17/h15-19,21-22,24-26H,1-14H2,(H2,23,29). The minimum Gasteiger partial charge on any atom is -0.377 e. The Morgan fingerprint density at radius 1 is 1.06 bits per heavy atom. The zero-order chi connectivity index (χ0) is 21.2. The van der Waals surface area contributed by atoms with Crippen molar-refractivity contribution in [3.05, 3.63) is 0 Å². The largest absolute Gasteiger partial charge is 0.377 e. The van der Waals surface area contributed by atoms with E-state index in [1.807, 2.05) is 0 Å². The fraction of sp³-hybridized carbons (Fsp3) is 0.955. The number of hydrogen-bond donors (Lipinski definition) is 4. The molecule has 1 amide bonds. The Morgan fingerprint density at radius 3 is 2.71 bits per heavy atom. The Morgan fingerprint density at radius 2 is 1.94 bits per heavy atom. The molecule has 5 N–H and O–H groups in total. The first-order chi connectivity index (χ1) is 15.2. The van der Waals surface area contributed by atoms with Crippen LogP contribution in [0.5, 0.6) is 0 Å². The second-order valence-electron chi connectivity index (χ2n) is 10.1. The Bertz CT molecular complexity index is 610. The predicted octanol–water partition coefficient (Wildman–Crippen LogP) is -0.0706. The molecule has 0 bridgehead atoms. The van der Waals surface area contributed by atoms with Crippen molar-refractivity contribution in [2.45, 2.75) is 82.1 Å². The van der Waals surface area contributed by atoms with Gasteiger partial charge in [-0.05, 0) is 70.4 Å². The lowest BCUT2D eigenvalue weighted by molar-refractivity contribution is -0.123. The Labute approximate surface area is 185 Å². The summed E-state index contributed by atoms with van der Waals surface area (Å²) in [5.41, 5.74) is 8.84. The van der Waals surface area contributed by atoms with Gasteiger partial charge in [-0.25, -0.2) is 0 Å². The van der Waals surface area contributed by atoms with E-state index in [0.717, 1.165) is 65.0 Å². The molecule has 9 heteroatoms. The lowest BCUT2D eigenvalue weighted by Gasteiger charge is -2.42. The molecular weight excluding hydrogens is 396 g/mol. The van der Waals surface area contributed by atoms with E-state index in [2.05, 4.69) is 25.9 Å². The maximum atomic E-state index is 11.5. The predicted molar refractivity (Wildman–Crippen MR) is 117 cm³/mol. The summed E-state index contributed by atoms with van der Waals surface area (Å²) < 4.78 is 5.88. The van der Waals surface area contributed by atoms with Gasteiger partial charge in [0.1, 0.15) is 6.23 Å².